The highest BCUT2D eigenvalue weighted by atomic mass is 16.5. The predicted molar refractivity (Wildman–Crippen MR) is 96.4 cm³/mol. The van der Waals surface area contributed by atoms with Gasteiger partial charge >= 0.3 is 6.03 Å². The summed E-state index contributed by atoms with van der Waals surface area (Å²) in [5.41, 5.74) is 2.18. The van der Waals surface area contributed by atoms with E-state index in [-0.39, 0.29) is 24.2 Å². The summed E-state index contributed by atoms with van der Waals surface area (Å²) in [6.07, 6.45) is 1.65. The molecular weight excluding hydrogens is 316 g/mol. The fraction of sp³-hybridized carbons (Fsp3) is 0.450. The van der Waals surface area contributed by atoms with Crippen molar-refractivity contribution in [2.24, 2.45) is 0 Å². The molecule has 1 aromatic heterocycles. The SMILES string of the molecule is Cc1cc([C@H](C)NC(=O)N[C@@H]2CCO[C@@H](c3ccccc3)C2)c(C)o1. The standard InChI is InChI=1S/C20H26N2O3/c1-13-11-18(15(3)25-13)14(2)21-20(23)22-17-9-10-24-19(12-17)16-7-5-4-6-8-16/h4-8,11,14,17,19H,9-10,12H2,1-3H3,(H2,21,22,23)/t14-,17+,19+/m0/s1. The van der Waals surface area contributed by atoms with Crippen molar-refractivity contribution in [2.75, 3.05) is 6.61 Å². The molecule has 0 radical (unpaired) electrons. The summed E-state index contributed by atoms with van der Waals surface area (Å²) in [6, 6.07) is 12.0. The van der Waals surface area contributed by atoms with Crippen LogP contribution in [0.4, 0.5) is 4.79 Å². The molecule has 1 fully saturated rings. The van der Waals surface area contributed by atoms with E-state index in [1.54, 1.807) is 0 Å². The molecule has 5 nitrogen and oxygen atoms in total. The molecule has 2 N–H and O–H groups in total. The van der Waals surface area contributed by atoms with Crippen molar-refractivity contribution >= 4 is 6.03 Å². The van der Waals surface area contributed by atoms with E-state index >= 15 is 0 Å². The van der Waals surface area contributed by atoms with Gasteiger partial charge in [0.2, 0.25) is 0 Å². The van der Waals surface area contributed by atoms with E-state index in [0.717, 1.165) is 35.5 Å². The zero-order valence-corrected chi connectivity index (χ0v) is 15.0. The Hall–Kier alpha value is -2.27. The summed E-state index contributed by atoms with van der Waals surface area (Å²) < 4.78 is 11.4. The van der Waals surface area contributed by atoms with Gasteiger partial charge in [-0.15, -0.1) is 0 Å². The van der Waals surface area contributed by atoms with Crippen LogP contribution in [0.1, 0.15) is 54.6 Å². The molecule has 2 amide bonds. The van der Waals surface area contributed by atoms with Crippen LogP contribution in [0.15, 0.2) is 40.8 Å². The van der Waals surface area contributed by atoms with Gasteiger partial charge in [-0.1, -0.05) is 30.3 Å². The Morgan fingerprint density at radius 2 is 2.00 bits per heavy atom. The molecule has 0 bridgehead atoms. The number of rotatable bonds is 4. The first kappa shape index (κ1) is 17.5. The van der Waals surface area contributed by atoms with Gasteiger partial charge in [0.05, 0.1) is 12.1 Å². The van der Waals surface area contributed by atoms with E-state index in [1.165, 1.54) is 0 Å². The number of ether oxygens (including phenoxy) is 1. The van der Waals surface area contributed by atoms with E-state index in [1.807, 2.05) is 45.0 Å². The maximum absolute atomic E-state index is 12.4. The number of furan rings is 1. The minimum Gasteiger partial charge on any atom is -0.466 e. The number of amides is 2. The van der Waals surface area contributed by atoms with Crippen LogP contribution in [0.25, 0.3) is 0 Å². The van der Waals surface area contributed by atoms with Crippen LogP contribution in [0.3, 0.4) is 0 Å². The van der Waals surface area contributed by atoms with Crippen molar-refractivity contribution in [1.29, 1.82) is 0 Å². The normalized spacial score (nSPS) is 21.6. The van der Waals surface area contributed by atoms with E-state index in [2.05, 4.69) is 22.8 Å². The molecule has 2 heterocycles. The lowest BCUT2D eigenvalue weighted by Gasteiger charge is -2.30. The molecule has 2 aromatic rings. The van der Waals surface area contributed by atoms with Crippen molar-refractivity contribution in [1.82, 2.24) is 10.6 Å². The molecule has 3 rings (SSSR count). The molecule has 134 valence electrons. The first-order valence-corrected chi connectivity index (χ1v) is 8.83. The van der Waals surface area contributed by atoms with Gasteiger partial charge in [-0.3, -0.25) is 0 Å². The van der Waals surface area contributed by atoms with Crippen LogP contribution in [0.2, 0.25) is 0 Å². The molecular formula is C20H26N2O3. The van der Waals surface area contributed by atoms with Gasteiger partial charge in [0, 0.05) is 18.2 Å². The Balaban J connectivity index is 1.54. The Kier molecular flexibility index (Phi) is 5.43. The van der Waals surface area contributed by atoms with Gasteiger partial charge < -0.3 is 19.8 Å². The van der Waals surface area contributed by atoms with Crippen molar-refractivity contribution in [3.8, 4) is 0 Å². The van der Waals surface area contributed by atoms with Gasteiger partial charge in [0.15, 0.2) is 0 Å². The number of urea groups is 1. The van der Waals surface area contributed by atoms with Crippen LogP contribution in [-0.2, 0) is 4.74 Å². The second-order valence-corrected chi connectivity index (χ2v) is 6.70. The van der Waals surface area contributed by atoms with Crippen LogP contribution < -0.4 is 10.6 Å². The molecule has 0 unspecified atom stereocenters. The van der Waals surface area contributed by atoms with Crippen LogP contribution in [-0.4, -0.2) is 18.7 Å². The number of carbonyl (C=O) groups excluding carboxylic acids is 1. The average molecular weight is 342 g/mol. The number of carbonyl (C=O) groups is 1. The lowest BCUT2D eigenvalue weighted by atomic mass is 9.97. The summed E-state index contributed by atoms with van der Waals surface area (Å²) in [6.45, 7) is 6.45. The smallest absolute Gasteiger partial charge is 0.315 e. The monoisotopic (exact) mass is 342 g/mol. The van der Waals surface area contributed by atoms with Gasteiger partial charge in [0.1, 0.15) is 11.5 Å². The fourth-order valence-electron chi connectivity index (χ4n) is 3.41. The Bertz CT molecular complexity index is 711. The number of aryl methyl sites for hydroxylation is 2. The molecule has 0 saturated carbocycles. The lowest BCUT2D eigenvalue weighted by molar-refractivity contribution is 0.00222. The summed E-state index contributed by atoms with van der Waals surface area (Å²) in [4.78, 5) is 12.4. The van der Waals surface area contributed by atoms with Crippen LogP contribution in [0, 0.1) is 13.8 Å². The van der Waals surface area contributed by atoms with Gasteiger partial charge in [-0.05, 0) is 45.2 Å². The fourth-order valence-corrected chi connectivity index (χ4v) is 3.41. The highest BCUT2D eigenvalue weighted by molar-refractivity contribution is 5.74. The average Bonchev–Trinajstić information content (AvgIpc) is 2.94. The minimum absolute atomic E-state index is 0.0384. The minimum atomic E-state index is -0.149. The summed E-state index contributed by atoms with van der Waals surface area (Å²) in [5.74, 6) is 1.71. The van der Waals surface area contributed by atoms with Crippen molar-refractivity contribution < 1.29 is 13.9 Å². The number of hydrogen-bond acceptors (Lipinski definition) is 3. The van der Waals surface area contributed by atoms with E-state index in [4.69, 9.17) is 9.15 Å². The molecule has 1 aromatic carbocycles. The van der Waals surface area contributed by atoms with Gasteiger partial charge in [-0.25, -0.2) is 4.79 Å². The van der Waals surface area contributed by atoms with Gasteiger partial charge in [0.25, 0.3) is 0 Å². The van der Waals surface area contributed by atoms with E-state index in [9.17, 15) is 4.79 Å². The highest BCUT2D eigenvalue weighted by Crippen LogP contribution is 2.28. The maximum Gasteiger partial charge on any atom is 0.315 e. The summed E-state index contributed by atoms with van der Waals surface area (Å²) in [7, 11) is 0. The molecule has 0 aliphatic carbocycles. The van der Waals surface area contributed by atoms with E-state index < -0.39 is 0 Å². The third-order valence-corrected chi connectivity index (χ3v) is 4.68. The highest BCUT2D eigenvalue weighted by Gasteiger charge is 2.25. The van der Waals surface area contributed by atoms with E-state index in [0.29, 0.717) is 6.61 Å². The Morgan fingerprint density at radius 3 is 2.68 bits per heavy atom. The maximum atomic E-state index is 12.4. The molecule has 5 heteroatoms. The first-order valence-electron chi connectivity index (χ1n) is 8.83. The zero-order valence-electron chi connectivity index (χ0n) is 15.0. The number of benzene rings is 1. The molecule has 1 saturated heterocycles. The van der Waals surface area contributed by atoms with Crippen LogP contribution in [0.5, 0.6) is 0 Å². The predicted octanol–water partition coefficient (Wildman–Crippen LogP) is 4.18. The van der Waals surface area contributed by atoms with Crippen molar-refractivity contribution in [3.63, 3.8) is 0 Å². The Labute approximate surface area is 148 Å². The first-order chi connectivity index (χ1) is 12.0. The molecule has 0 spiro atoms. The molecule has 1 aliphatic heterocycles. The quantitative estimate of drug-likeness (QED) is 0.876. The number of hydrogen-bond donors (Lipinski definition) is 2. The third-order valence-electron chi connectivity index (χ3n) is 4.68. The zero-order chi connectivity index (χ0) is 17.8. The number of nitrogens with one attached hydrogen (secondary N) is 2. The van der Waals surface area contributed by atoms with Crippen molar-refractivity contribution in [2.45, 2.75) is 51.8 Å². The molecule has 25 heavy (non-hydrogen) atoms. The molecule has 3 atom stereocenters. The van der Waals surface area contributed by atoms with Gasteiger partial charge in [-0.2, -0.15) is 0 Å². The second-order valence-electron chi connectivity index (χ2n) is 6.70. The summed E-state index contributed by atoms with van der Waals surface area (Å²) >= 11 is 0. The topological polar surface area (TPSA) is 63.5 Å². The summed E-state index contributed by atoms with van der Waals surface area (Å²) in [5, 5.41) is 6.09. The van der Waals surface area contributed by atoms with Crippen molar-refractivity contribution in [3.05, 3.63) is 59.0 Å². The second kappa shape index (κ2) is 7.74. The van der Waals surface area contributed by atoms with Crippen LogP contribution >= 0.6 is 0 Å². The third kappa shape index (κ3) is 4.42. The lowest BCUT2D eigenvalue weighted by Crippen LogP contribution is -2.45. The molecule has 1 aliphatic rings. The Morgan fingerprint density at radius 1 is 1.24 bits per heavy atom. The largest absolute Gasteiger partial charge is 0.466 e.